The van der Waals surface area contributed by atoms with Crippen LogP contribution in [0.3, 0.4) is 0 Å². The lowest BCUT2D eigenvalue weighted by Gasteiger charge is -2.31. The van der Waals surface area contributed by atoms with Crippen molar-refractivity contribution >= 4 is 28.8 Å². The van der Waals surface area contributed by atoms with Crippen LogP contribution in [-0.4, -0.2) is 35.6 Å². The summed E-state index contributed by atoms with van der Waals surface area (Å²) in [5, 5.41) is 12.1. The van der Waals surface area contributed by atoms with E-state index in [1.807, 2.05) is 18.2 Å². The molecule has 1 amide bonds. The smallest absolute Gasteiger partial charge is 0.257 e. The summed E-state index contributed by atoms with van der Waals surface area (Å²) in [6.07, 6.45) is 2.18. The normalized spacial score (nSPS) is 15.5. The van der Waals surface area contributed by atoms with E-state index in [1.54, 1.807) is 24.3 Å². The van der Waals surface area contributed by atoms with Gasteiger partial charge in [-0.2, -0.15) is 11.3 Å². The molecule has 29 heavy (non-hydrogen) atoms. The van der Waals surface area contributed by atoms with Gasteiger partial charge in [0, 0.05) is 18.7 Å². The van der Waals surface area contributed by atoms with E-state index in [-0.39, 0.29) is 5.91 Å². The molecule has 0 aliphatic carbocycles. The minimum Gasteiger partial charge on any atom is -0.360 e. The van der Waals surface area contributed by atoms with Gasteiger partial charge in [-0.1, -0.05) is 35.0 Å². The lowest BCUT2D eigenvalue weighted by molar-refractivity contribution is 0.0934. The minimum atomic E-state index is -0.153. The molecule has 1 N–H and O–H groups in total. The van der Waals surface area contributed by atoms with Gasteiger partial charge in [-0.05, 0) is 67.2 Å². The number of hydrogen-bond acceptors (Lipinski definition) is 5. The van der Waals surface area contributed by atoms with Crippen LogP contribution in [0.5, 0.6) is 0 Å². The van der Waals surface area contributed by atoms with E-state index in [4.69, 9.17) is 16.1 Å². The molecule has 1 aliphatic heterocycles. The van der Waals surface area contributed by atoms with Gasteiger partial charge in [-0.25, -0.2) is 0 Å². The quantitative estimate of drug-likeness (QED) is 0.598. The topological polar surface area (TPSA) is 58.4 Å². The Kier molecular flexibility index (Phi) is 6.33. The first-order valence-corrected chi connectivity index (χ1v) is 11.2. The second kappa shape index (κ2) is 9.11. The number of carbonyl (C=O) groups is 1. The lowest BCUT2D eigenvalue weighted by atomic mass is 9.96. The van der Waals surface area contributed by atoms with Crippen LogP contribution in [-0.2, 0) is 6.54 Å². The molecule has 1 aromatic carbocycles. The van der Waals surface area contributed by atoms with E-state index in [1.165, 1.54) is 5.56 Å². The van der Waals surface area contributed by atoms with E-state index in [0.29, 0.717) is 40.1 Å². The molecular weight excluding hydrogens is 406 g/mol. The number of nitrogens with one attached hydrogen (secondary N) is 1. The molecule has 4 rings (SSSR count). The number of nitrogens with zero attached hydrogens (tertiary/aromatic N) is 2. The number of aryl methyl sites for hydroxylation is 1. The highest BCUT2D eigenvalue weighted by Gasteiger charge is 2.25. The fourth-order valence-electron chi connectivity index (χ4n) is 3.79. The molecule has 1 aliphatic rings. The highest BCUT2D eigenvalue weighted by atomic mass is 35.5. The second-order valence-corrected chi connectivity index (χ2v) is 8.69. The molecule has 1 fully saturated rings. The Morgan fingerprint density at radius 3 is 2.83 bits per heavy atom. The number of piperidine rings is 1. The van der Waals surface area contributed by atoms with Crippen molar-refractivity contribution in [2.45, 2.75) is 26.3 Å². The Bertz CT molecular complexity index is 962. The summed E-state index contributed by atoms with van der Waals surface area (Å²) in [6.45, 7) is 5.56. The third-order valence-electron chi connectivity index (χ3n) is 5.46. The van der Waals surface area contributed by atoms with E-state index in [0.717, 1.165) is 32.5 Å². The fraction of sp³-hybridized carbons (Fsp3) is 0.364. The molecule has 0 radical (unpaired) electrons. The Balaban J connectivity index is 1.34. The van der Waals surface area contributed by atoms with Gasteiger partial charge in [0.15, 0.2) is 0 Å². The van der Waals surface area contributed by atoms with Gasteiger partial charge >= 0.3 is 0 Å². The van der Waals surface area contributed by atoms with Crippen LogP contribution >= 0.6 is 22.9 Å². The maximum absolute atomic E-state index is 12.9. The van der Waals surface area contributed by atoms with Gasteiger partial charge in [-0.3, -0.25) is 9.69 Å². The molecule has 3 aromatic rings. The monoisotopic (exact) mass is 429 g/mol. The first-order valence-electron chi connectivity index (χ1n) is 9.84. The fourth-order valence-corrected chi connectivity index (χ4v) is 4.68. The first kappa shape index (κ1) is 20.1. The van der Waals surface area contributed by atoms with Crippen LogP contribution in [0.2, 0.25) is 5.02 Å². The van der Waals surface area contributed by atoms with Gasteiger partial charge < -0.3 is 9.84 Å². The Morgan fingerprint density at radius 2 is 2.10 bits per heavy atom. The number of aromatic nitrogens is 1. The zero-order valence-electron chi connectivity index (χ0n) is 16.4. The SMILES string of the molecule is Cc1onc(-c2ccccc2Cl)c1C(=O)NCC1CCN(Cc2ccsc2)CC1. The summed E-state index contributed by atoms with van der Waals surface area (Å²) in [7, 11) is 0. The van der Waals surface area contributed by atoms with E-state index < -0.39 is 0 Å². The second-order valence-electron chi connectivity index (χ2n) is 7.50. The van der Waals surface area contributed by atoms with Gasteiger partial charge in [0.05, 0.1) is 5.02 Å². The predicted octanol–water partition coefficient (Wildman–Crippen LogP) is 5.01. The number of benzene rings is 1. The van der Waals surface area contributed by atoms with Crippen LogP contribution in [0.25, 0.3) is 11.3 Å². The van der Waals surface area contributed by atoms with Crippen LogP contribution in [0, 0.1) is 12.8 Å². The average molecular weight is 430 g/mol. The van der Waals surface area contributed by atoms with E-state index in [2.05, 4.69) is 32.2 Å². The molecule has 2 aromatic heterocycles. The third-order valence-corrected chi connectivity index (χ3v) is 6.53. The van der Waals surface area contributed by atoms with Gasteiger partial charge in [0.25, 0.3) is 5.91 Å². The molecule has 7 heteroatoms. The molecule has 5 nitrogen and oxygen atoms in total. The van der Waals surface area contributed by atoms with Crippen molar-refractivity contribution in [1.82, 2.24) is 15.4 Å². The summed E-state index contributed by atoms with van der Waals surface area (Å²) in [6, 6.07) is 9.54. The van der Waals surface area contributed by atoms with Crippen molar-refractivity contribution < 1.29 is 9.32 Å². The minimum absolute atomic E-state index is 0.153. The molecule has 1 saturated heterocycles. The molecule has 0 bridgehead atoms. The van der Waals surface area contributed by atoms with Crippen LogP contribution in [0.4, 0.5) is 0 Å². The largest absolute Gasteiger partial charge is 0.360 e. The number of thiophene rings is 1. The van der Waals surface area contributed by atoms with Crippen molar-refractivity contribution in [3.8, 4) is 11.3 Å². The maximum Gasteiger partial charge on any atom is 0.257 e. The van der Waals surface area contributed by atoms with Crippen molar-refractivity contribution in [1.29, 1.82) is 0 Å². The van der Waals surface area contributed by atoms with Crippen molar-refractivity contribution in [2.75, 3.05) is 19.6 Å². The van der Waals surface area contributed by atoms with E-state index >= 15 is 0 Å². The van der Waals surface area contributed by atoms with Gasteiger partial charge in [0.2, 0.25) is 0 Å². The Morgan fingerprint density at radius 1 is 1.31 bits per heavy atom. The molecular formula is C22H24ClN3O2S. The number of amides is 1. The lowest BCUT2D eigenvalue weighted by Crippen LogP contribution is -2.38. The highest BCUT2D eigenvalue weighted by molar-refractivity contribution is 7.07. The van der Waals surface area contributed by atoms with Crippen molar-refractivity contribution in [3.05, 3.63) is 63.0 Å². The summed E-state index contributed by atoms with van der Waals surface area (Å²) < 4.78 is 5.31. The number of rotatable bonds is 6. The van der Waals surface area contributed by atoms with Crippen LogP contribution in [0.15, 0.2) is 45.6 Å². The van der Waals surface area contributed by atoms with Crippen LogP contribution in [0.1, 0.15) is 34.5 Å². The first-order chi connectivity index (χ1) is 14.1. The number of hydrogen-bond donors (Lipinski definition) is 1. The molecule has 0 spiro atoms. The molecule has 0 atom stereocenters. The van der Waals surface area contributed by atoms with Crippen molar-refractivity contribution in [3.63, 3.8) is 0 Å². The number of carbonyl (C=O) groups excluding carboxylic acids is 1. The highest BCUT2D eigenvalue weighted by Crippen LogP contribution is 2.31. The summed E-state index contributed by atoms with van der Waals surface area (Å²) in [5.74, 6) is 0.837. The van der Waals surface area contributed by atoms with E-state index in [9.17, 15) is 4.79 Å². The molecule has 3 heterocycles. The van der Waals surface area contributed by atoms with Gasteiger partial charge in [0.1, 0.15) is 17.0 Å². The summed E-state index contributed by atoms with van der Waals surface area (Å²) in [4.78, 5) is 15.4. The number of halogens is 1. The molecule has 152 valence electrons. The van der Waals surface area contributed by atoms with Crippen LogP contribution < -0.4 is 5.32 Å². The Hall–Kier alpha value is -2.15. The maximum atomic E-state index is 12.9. The zero-order chi connectivity index (χ0) is 20.2. The third kappa shape index (κ3) is 4.71. The van der Waals surface area contributed by atoms with Gasteiger partial charge in [-0.15, -0.1) is 0 Å². The predicted molar refractivity (Wildman–Crippen MR) is 116 cm³/mol. The standard InChI is InChI=1S/C22H24ClN3O2S/c1-15-20(21(25-28-15)18-4-2-3-5-19(18)23)22(27)24-12-16-6-9-26(10-7-16)13-17-8-11-29-14-17/h2-5,8,11,14,16H,6-7,9-10,12-13H2,1H3,(H,24,27). The molecule has 0 saturated carbocycles. The zero-order valence-corrected chi connectivity index (χ0v) is 17.9. The average Bonchev–Trinajstić information content (AvgIpc) is 3.37. The van der Waals surface area contributed by atoms with Crippen molar-refractivity contribution in [2.24, 2.45) is 5.92 Å². The summed E-state index contributed by atoms with van der Waals surface area (Å²) >= 11 is 8.04. The Labute approximate surface area is 179 Å². The number of likely N-dealkylation sites (tertiary alicyclic amines) is 1. The summed E-state index contributed by atoms with van der Waals surface area (Å²) in [5.41, 5.74) is 3.05. The molecule has 0 unspecified atom stereocenters.